The van der Waals surface area contributed by atoms with E-state index < -0.39 is 16.0 Å². The fourth-order valence-electron chi connectivity index (χ4n) is 3.82. The minimum Gasteiger partial charge on any atom is -0.489 e. The molecule has 0 atom stereocenters. The van der Waals surface area contributed by atoms with Crippen LogP contribution in [-0.4, -0.2) is 50.8 Å². The van der Waals surface area contributed by atoms with E-state index in [1.54, 1.807) is 31.3 Å². The van der Waals surface area contributed by atoms with Crippen molar-refractivity contribution < 1.29 is 27.5 Å². The Morgan fingerprint density at radius 2 is 1.62 bits per heavy atom. The molecule has 2 aromatic rings. The van der Waals surface area contributed by atoms with E-state index >= 15 is 0 Å². The molecule has 1 aliphatic carbocycles. The van der Waals surface area contributed by atoms with E-state index in [0.717, 1.165) is 32.1 Å². The van der Waals surface area contributed by atoms with Gasteiger partial charge in [0, 0.05) is 13.1 Å². The summed E-state index contributed by atoms with van der Waals surface area (Å²) in [4.78, 5) is 24.1. The highest BCUT2D eigenvalue weighted by molar-refractivity contribution is 7.89. The first-order chi connectivity index (χ1) is 15.3. The number of ketones is 1. The molecule has 172 valence electrons. The van der Waals surface area contributed by atoms with Crippen molar-refractivity contribution in [3.8, 4) is 5.75 Å². The number of Topliss-reactive ketones (excluding diaryl/α,β-unsaturated/α-hetero) is 1. The maximum absolute atomic E-state index is 12.9. The summed E-state index contributed by atoms with van der Waals surface area (Å²) < 4.78 is 38.0. The van der Waals surface area contributed by atoms with E-state index in [0.29, 0.717) is 11.3 Å². The summed E-state index contributed by atoms with van der Waals surface area (Å²) in [5.74, 6) is -0.243. The van der Waals surface area contributed by atoms with Crippen molar-refractivity contribution in [3.63, 3.8) is 0 Å². The number of carbonyl (C=O) groups is 2. The molecule has 7 nitrogen and oxygen atoms in total. The number of sulfonamides is 1. The fourth-order valence-corrected chi connectivity index (χ4v) is 5.24. The van der Waals surface area contributed by atoms with Gasteiger partial charge in [-0.15, -0.1) is 0 Å². The molecule has 2 aromatic carbocycles. The second-order valence-corrected chi connectivity index (χ2v) is 9.87. The quantitative estimate of drug-likeness (QED) is 0.319. The van der Waals surface area contributed by atoms with E-state index in [9.17, 15) is 18.0 Å². The van der Waals surface area contributed by atoms with E-state index in [4.69, 9.17) is 9.47 Å². The predicted molar refractivity (Wildman–Crippen MR) is 120 cm³/mol. The molecule has 0 unspecified atom stereocenters. The predicted octanol–water partition coefficient (Wildman–Crippen LogP) is 4.08. The Kier molecular flexibility index (Phi) is 8.04. The van der Waals surface area contributed by atoms with Crippen molar-refractivity contribution in [2.45, 2.75) is 50.0 Å². The van der Waals surface area contributed by atoms with Crippen LogP contribution >= 0.6 is 0 Å². The van der Waals surface area contributed by atoms with Crippen LogP contribution in [0.25, 0.3) is 0 Å². The lowest BCUT2D eigenvalue weighted by atomic mass is 9.96. The second kappa shape index (κ2) is 10.7. The van der Waals surface area contributed by atoms with Crippen LogP contribution in [0, 0.1) is 0 Å². The minimum atomic E-state index is -3.61. The molecule has 8 heteroatoms. The van der Waals surface area contributed by atoms with E-state index in [1.165, 1.54) is 35.5 Å². The largest absolute Gasteiger partial charge is 0.489 e. The van der Waals surface area contributed by atoms with Gasteiger partial charge in [0.2, 0.25) is 10.0 Å². The fraction of sp³-hybridized carbons (Fsp3) is 0.417. The Labute approximate surface area is 189 Å². The van der Waals surface area contributed by atoms with Gasteiger partial charge >= 0.3 is 5.97 Å². The minimum absolute atomic E-state index is 0.00442. The maximum atomic E-state index is 12.9. The molecule has 0 aromatic heterocycles. The maximum Gasteiger partial charge on any atom is 0.338 e. The number of para-hydroxylation sites is 1. The summed E-state index contributed by atoms with van der Waals surface area (Å²) in [7, 11) is -1.99. The van der Waals surface area contributed by atoms with Gasteiger partial charge in [0.15, 0.2) is 5.78 Å². The number of benzene rings is 2. The molecule has 0 bridgehead atoms. The molecule has 0 amide bonds. The van der Waals surface area contributed by atoms with Crippen molar-refractivity contribution in [1.82, 2.24) is 4.31 Å². The van der Waals surface area contributed by atoms with Gasteiger partial charge < -0.3 is 9.47 Å². The molecule has 0 radical (unpaired) electrons. The topological polar surface area (TPSA) is 90.0 Å². The highest BCUT2D eigenvalue weighted by atomic mass is 32.2. The average molecular weight is 460 g/mol. The van der Waals surface area contributed by atoms with Crippen LogP contribution in [0.5, 0.6) is 5.75 Å². The molecule has 0 saturated heterocycles. The molecule has 32 heavy (non-hydrogen) atoms. The molecule has 0 aliphatic heterocycles. The van der Waals surface area contributed by atoms with Gasteiger partial charge in [-0.1, -0.05) is 31.4 Å². The molecule has 0 N–H and O–H groups in total. The third kappa shape index (κ3) is 5.75. The zero-order chi connectivity index (χ0) is 23.1. The van der Waals surface area contributed by atoms with Crippen LogP contribution < -0.4 is 4.74 Å². The lowest BCUT2D eigenvalue weighted by Crippen LogP contribution is -2.38. The van der Waals surface area contributed by atoms with Gasteiger partial charge in [-0.05, 0) is 56.2 Å². The van der Waals surface area contributed by atoms with Crippen LogP contribution in [0.1, 0.15) is 59.7 Å². The van der Waals surface area contributed by atoms with Crippen molar-refractivity contribution in [2.24, 2.45) is 0 Å². The van der Waals surface area contributed by atoms with Crippen LogP contribution in [0.3, 0.4) is 0 Å². The monoisotopic (exact) mass is 459 g/mol. The van der Waals surface area contributed by atoms with E-state index in [-0.39, 0.29) is 35.5 Å². The highest BCUT2D eigenvalue weighted by Crippen LogP contribution is 2.26. The number of carbonyl (C=O) groups excluding carboxylic acids is 2. The number of hydrogen-bond donors (Lipinski definition) is 0. The third-order valence-corrected chi connectivity index (χ3v) is 7.62. The van der Waals surface area contributed by atoms with Gasteiger partial charge in [-0.3, -0.25) is 4.79 Å². The van der Waals surface area contributed by atoms with Crippen LogP contribution in [-0.2, 0) is 14.8 Å². The van der Waals surface area contributed by atoms with Crippen molar-refractivity contribution in [2.75, 3.05) is 20.3 Å². The standard InChI is InChI=1S/C24H29NO6S/c1-18(26)22-10-6-7-11-23(22)30-16-17-31-24(27)19-12-14-21(15-13-19)32(28,29)25(2)20-8-4-3-5-9-20/h6-7,10-15,20H,3-5,8-9,16-17H2,1-2H3. The molecular formula is C24H29NO6S. The van der Waals surface area contributed by atoms with Gasteiger partial charge in [0.05, 0.1) is 16.0 Å². The number of hydrogen-bond acceptors (Lipinski definition) is 6. The Morgan fingerprint density at radius 3 is 2.28 bits per heavy atom. The van der Waals surface area contributed by atoms with E-state index in [2.05, 4.69) is 0 Å². The summed E-state index contributed by atoms with van der Waals surface area (Å²) in [5.41, 5.74) is 0.724. The van der Waals surface area contributed by atoms with Crippen LogP contribution in [0.2, 0.25) is 0 Å². The van der Waals surface area contributed by atoms with Gasteiger partial charge in [-0.2, -0.15) is 4.31 Å². The first kappa shape index (κ1) is 23.9. The third-order valence-electron chi connectivity index (χ3n) is 5.70. The van der Waals surface area contributed by atoms with Gasteiger partial charge in [0.25, 0.3) is 0 Å². The molecule has 1 saturated carbocycles. The molecule has 0 heterocycles. The number of esters is 1. The molecule has 1 fully saturated rings. The molecule has 1 aliphatic rings. The summed E-state index contributed by atoms with van der Waals surface area (Å²) in [6.07, 6.45) is 4.98. The van der Waals surface area contributed by atoms with Crippen molar-refractivity contribution in [3.05, 3.63) is 59.7 Å². The number of nitrogens with zero attached hydrogens (tertiary/aromatic N) is 1. The number of rotatable bonds is 9. The van der Waals surface area contributed by atoms with Gasteiger partial charge in [0.1, 0.15) is 19.0 Å². The lowest BCUT2D eigenvalue weighted by Gasteiger charge is -2.30. The van der Waals surface area contributed by atoms with Crippen LogP contribution in [0.15, 0.2) is 53.4 Å². The van der Waals surface area contributed by atoms with E-state index in [1.807, 2.05) is 0 Å². The summed E-state index contributed by atoms with van der Waals surface area (Å²) >= 11 is 0. The first-order valence-electron chi connectivity index (χ1n) is 10.8. The summed E-state index contributed by atoms with van der Waals surface area (Å²) in [5, 5.41) is 0. The average Bonchev–Trinajstić information content (AvgIpc) is 2.82. The Morgan fingerprint density at radius 1 is 0.969 bits per heavy atom. The highest BCUT2D eigenvalue weighted by Gasteiger charge is 2.29. The smallest absolute Gasteiger partial charge is 0.338 e. The lowest BCUT2D eigenvalue weighted by molar-refractivity contribution is 0.0449. The Hall–Kier alpha value is -2.71. The van der Waals surface area contributed by atoms with Crippen LogP contribution in [0.4, 0.5) is 0 Å². The zero-order valence-electron chi connectivity index (χ0n) is 18.5. The van der Waals surface area contributed by atoms with Crippen molar-refractivity contribution >= 4 is 21.8 Å². The Bertz CT molecular complexity index is 1040. The summed E-state index contributed by atoms with van der Waals surface area (Å²) in [6.45, 7) is 1.54. The van der Waals surface area contributed by atoms with Gasteiger partial charge in [-0.25, -0.2) is 13.2 Å². The molecule has 0 spiro atoms. The molecule has 3 rings (SSSR count). The molecular weight excluding hydrogens is 430 g/mol. The number of ether oxygens (including phenoxy) is 2. The SMILES string of the molecule is CC(=O)c1ccccc1OCCOC(=O)c1ccc(S(=O)(=O)N(C)C2CCCCC2)cc1. The normalized spacial score (nSPS) is 14.8. The zero-order valence-corrected chi connectivity index (χ0v) is 19.3. The second-order valence-electron chi connectivity index (χ2n) is 7.87. The van der Waals surface area contributed by atoms with Crippen molar-refractivity contribution in [1.29, 1.82) is 0 Å². The summed E-state index contributed by atoms with van der Waals surface area (Å²) in [6, 6.07) is 12.7. The Balaban J connectivity index is 1.54. The first-order valence-corrected chi connectivity index (χ1v) is 12.2.